The Morgan fingerprint density at radius 1 is 1.11 bits per heavy atom. The molecule has 2 aromatic rings. The van der Waals surface area contributed by atoms with E-state index in [2.05, 4.69) is 10.1 Å². The number of amides is 2. The van der Waals surface area contributed by atoms with Gasteiger partial charge in [0.05, 0.1) is 5.69 Å². The molecular formula is C18H14F4N2O3. The Morgan fingerprint density at radius 2 is 1.81 bits per heavy atom. The van der Waals surface area contributed by atoms with Gasteiger partial charge in [0.15, 0.2) is 0 Å². The van der Waals surface area contributed by atoms with Crippen molar-refractivity contribution >= 4 is 23.2 Å². The molecule has 0 atom stereocenters. The van der Waals surface area contributed by atoms with E-state index in [1.54, 1.807) is 0 Å². The van der Waals surface area contributed by atoms with Crippen LogP contribution in [-0.2, 0) is 4.79 Å². The molecule has 1 aliphatic heterocycles. The van der Waals surface area contributed by atoms with Crippen LogP contribution in [0.4, 0.5) is 28.9 Å². The largest absolute Gasteiger partial charge is 0.573 e. The summed E-state index contributed by atoms with van der Waals surface area (Å²) in [6, 6.07) is 8.25. The fraction of sp³-hybridized carbons (Fsp3) is 0.222. The van der Waals surface area contributed by atoms with Gasteiger partial charge >= 0.3 is 6.36 Å². The number of rotatable bonds is 4. The maximum atomic E-state index is 14.3. The number of benzene rings is 2. The lowest BCUT2D eigenvalue weighted by atomic mass is 10.2. The first-order valence-corrected chi connectivity index (χ1v) is 8.00. The number of hydrogen-bond acceptors (Lipinski definition) is 3. The summed E-state index contributed by atoms with van der Waals surface area (Å²) in [4.78, 5) is 25.2. The Morgan fingerprint density at radius 3 is 2.37 bits per heavy atom. The summed E-state index contributed by atoms with van der Waals surface area (Å²) >= 11 is 0. The number of alkyl halides is 3. The van der Waals surface area contributed by atoms with Crippen LogP contribution in [-0.4, -0.2) is 24.7 Å². The zero-order valence-electron chi connectivity index (χ0n) is 13.8. The normalized spacial score (nSPS) is 14.4. The average molecular weight is 382 g/mol. The lowest BCUT2D eigenvalue weighted by molar-refractivity contribution is -0.274. The lowest BCUT2D eigenvalue weighted by Crippen LogP contribution is -2.24. The molecule has 0 aromatic heterocycles. The van der Waals surface area contributed by atoms with E-state index in [0.717, 1.165) is 30.3 Å². The third-order valence-electron chi connectivity index (χ3n) is 3.92. The molecule has 5 nitrogen and oxygen atoms in total. The van der Waals surface area contributed by atoms with Crippen molar-refractivity contribution in [2.24, 2.45) is 0 Å². The summed E-state index contributed by atoms with van der Waals surface area (Å²) in [5.74, 6) is -1.90. The smallest absolute Gasteiger partial charge is 0.406 e. The summed E-state index contributed by atoms with van der Waals surface area (Å²) in [5.41, 5.74) is 0.372. The van der Waals surface area contributed by atoms with E-state index in [0.29, 0.717) is 19.4 Å². The number of ether oxygens (including phenoxy) is 1. The molecule has 0 saturated carbocycles. The van der Waals surface area contributed by atoms with E-state index in [1.165, 1.54) is 17.0 Å². The predicted molar refractivity (Wildman–Crippen MR) is 89.1 cm³/mol. The average Bonchev–Trinajstić information content (AvgIpc) is 3.00. The van der Waals surface area contributed by atoms with Crippen LogP contribution in [0.2, 0.25) is 0 Å². The van der Waals surface area contributed by atoms with Crippen LogP contribution in [0.1, 0.15) is 23.2 Å². The predicted octanol–water partition coefficient (Wildman–Crippen LogP) is 4.10. The molecule has 2 aromatic carbocycles. The second-order valence-corrected chi connectivity index (χ2v) is 5.84. The van der Waals surface area contributed by atoms with Crippen molar-refractivity contribution in [1.29, 1.82) is 0 Å². The highest BCUT2D eigenvalue weighted by atomic mass is 19.4. The number of hydrogen-bond donors (Lipinski definition) is 1. The Labute approximate surface area is 151 Å². The molecule has 1 fully saturated rings. The van der Waals surface area contributed by atoms with Crippen molar-refractivity contribution in [1.82, 2.24) is 0 Å². The van der Waals surface area contributed by atoms with Crippen molar-refractivity contribution in [3.8, 4) is 5.75 Å². The minimum Gasteiger partial charge on any atom is -0.406 e. The van der Waals surface area contributed by atoms with Crippen molar-refractivity contribution in [3.05, 3.63) is 53.8 Å². The Bertz CT molecular complexity index is 866. The first-order chi connectivity index (χ1) is 12.7. The van der Waals surface area contributed by atoms with Crippen molar-refractivity contribution in [3.63, 3.8) is 0 Å². The van der Waals surface area contributed by atoms with E-state index in [-0.39, 0.29) is 22.8 Å². The number of anilines is 2. The van der Waals surface area contributed by atoms with Crippen molar-refractivity contribution < 1.29 is 31.9 Å². The second-order valence-electron chi connectivity index (χ2n) is 5.84. The fourth-order valence-electron chi connectivity index (χ4n) is 2.72. The molecule has 9 heteroatoms. The van der Waals surface area contributed by atoms with Crippen molar-refractivity contribution in [2.45, 2.75) is 19.2 Å². The van der Waals surface area contributed by atoms with Gasteiger partial charge in [-0.15, -0.1) is 13.2 Å². The summed E-state index contributed by atoms with van der Waals surface area (Å²) in [5, 5.41) is 2.45. The number of carbonyl (C=O) groups excluding carboxylic acids is 2. The monoisotopic (exact) mass is 382 g/mol. The van der Waals surface area contributed by atoms with Gasteiger partial charge in [0.25, 0.3) is 5.91 Å². The molecule has 1 aliphatic rings. The molecule has 0 spiro atoms. The minimum atomic E-state index is -4.82. The highest BCUT2D eigenvalue weighted by Gasteiger charge is 2.31. The van der Waals surface area contributed by atoms with E-state index >= 15 is 0 Å². The van der Waals surface area contributed by atoms with E-state index in [9.17, 15) is 27.2 Å². The summed E-state index contributed by atoms with van der Waals surface area (Å²) in [7, 11) is 0. The number of nitrogens with one attached hydrogen (secondary N) is 1. The quantitative estimate of drug-likeness (QED) is 0.810. The van der Waals surface area contributed by atoms with Crippen molar-refractivity contribution in [2.75, 3.05) is 16.8 Å². The molecule has 0 bridgehead atoms. The van der Waals surface area contributed by atoms with Gasteiger partial charge < -0.3 is 15.0 Å². The molecule has 1 N–H and O–H groups in total. The molecular weight excluding hydrogens is 368 g/mol. The van der Waals surface area contributed by atoms with E-state index in [1.807, 2.05) is 0 Å². The van der Waals surface area contributed by atoms with Gasteiger partial charge in [-0.05, 0) is 48.9 Å². The maximum Gasteiger partial charge on any atom is 0.573 e. The topological polar surface area (TPSA) is 58.6 Å². The number of carbonyl (C=O) groups is 2. The molecule has 0 aliphatic carbocycles. The molecule has 27 heavy (non-hydrogen) atoms. The van der Waals surface area contributed by atoms with Gasteiger partial charge in [-0.3, -0.25) is 9.59 Å². The standard InChI is InChI=1S/C18H14F4N2O3/c19-14-10-12(5-8-15(14)24-9-1-2-16(24)25)23-17(26)11-3-6-13(7-4-11)27-18(20,21)22/h3-8,10H,1-2,9H2,(H,23,26). The van der Waals surface area contributed by atoms with Gasteiger partial charge in [-0.1, -0.05) is 0 Å². The zero-order valence-corrected chi connectivity index (χ0v) is 13.8. The van der Waals surface area contributed by atoms with Gasteiger partial charge in [-0.25, -0.2) is 4.39 Å². The van der Waals surface area contributed by atoms with E-state index in [4.69, 9.17) is 0 Å². The summed E-state index contributed by atoms with van der Waals surface area (Å²) in [6.45, 7) is 0.438. The Hall–Kier alpha value is -3.10. The van der Waals surface area contributed by atoms with Crippen LogP contribution in [0.25, 0.3) is 0 Å². The number of halogens is 4. The van der Waals surface area contributed by atoms with Crippen LogP contribution in [0.5, 0.6) is 5.75 Å². The molecule has 1 saturated heterocycles. The third-order valence-corrected chi connectivity index (χ3v) is 3.92. The van der Waals surface area contributed by atoms with Gasteiger partial charge in [0.1, 0.15) is 11.6 Å². The summed E-state index contributed by atoms with van der Waals surface area (Å²) < 4.78 is 54.4. The lowest BCUT2D eigenvalue weighted by Gasteiger charge is -2.17. The molecule has 2 amide bonds. The highest BCUT2D eigenvalue weighted by Crippen LogP contribution is 2.27. The SMILES string of the molecule is O=C(Nc1ccc(N2CCCC2=O)c(F)c1)c1ccc(OC(F)(F)F)cc1. The second kappa shape index (κ2) is 7.26. The molecule has 0 radical (unpaired) electrons. The van der Waals surface area contributed by atoms with Gasteiger partial charge in [-0.2, -0.15) is 0 Å². The molecule has 0 unspecified atom stereocenters. The van der Waals surface area contributed by atoms with Crippen LogP contribution < -0.4 is 15.0 Å². The molecule has 142 valence electrons. The van der Waals surface area contributed by atoms with Gasteiger partial charge in [0.2, 0.25) is 5.91 Å². The zero-order chi connectivity index (χ0) is 19.6. The van der Waals surface area contributed by atoms with Crippen LogP contribution >= 0.6 is 0 Å². The van der Waals surface area contributed by atoms with Gasteiger partial charge in [0, 0.05) is 24.2 Å². The highest BCUT2D eigenvalue weighted by molar-refractivity contribution is 6.04. The third kappa shape index (κ3) is 4.55. The minimum absolute atomic E-state index is 0.0729. The molecule has 1 heterocycles. The van der Waals surface area contributed by atoms with Crippen LogP contribution in [0.3, 0.4) is 0 Å². The fourth-order valence-corrected chi connectivity index (χ4v) is 2.72. The first kappa shape index (κ1) is 18.7. The summed E-state index contributed by atoms with van der Waals surface area (Å²) in [6.07, 6.45) is -3.80. The number of nitrogens with zero attached hydrogens (tertiary/aromatic N) is 1. The first-order valence-electron chi connectivity index (χ1n) is 8.00. The van der Waals surface area contributed by atoms with Crippen LogP contribution in [0.15, 0.2) is 42.5 Å². The maximum absolute atomic E-state index is 14.3. The molecule has 3 rings (SSSR count). The Balaban J connectivity index is 1.69. The van der Waals surface area contributed by atoms with E-state index < -0.39 is 23.8 Å². The van der Waals surface area contributed by atoms with Crippen LogP contribution in [0, 0.1) is 5.82 Å². The Kier molecular flexibility index (Phi) is 5.02.